The van der Waals surface area contributed by atoms with E-state index >= 15 is 0 Å². The van der Waals surface area contributed by atoms with E-state index in [4.69, 9.17) is 21.4 Å². The van der Waals surface area contributed by atoms with E-state index in [-0.39, 0.29) is 18.0 Å². The lowest BCUT2D eigenvalue weighted by atomic mass is 9.93. The highest BCUT2D eigenvalue weighted by Gasteiger charge is 2.25. The van der Waals surface area contributed by atoms with Gasteiger partial charge in [0, 0.05) is 41.0 Å². The van der Waals surface area contributed by atoms with E-state index in [0.717, 1.165) is 5.56 Å². The van der Waals surface area contributed by atoms with Crippen molar-refractivity contribution < 1.29 is 24.2 Å². The number of ether oxygens (including phenoxy) is 1. The molecule has 2 amide bonds. The summed E-state index contributed by atoms with van der Waals surface area (Å²) in [6, 6.07) is 14.6. The van der Waals surface area contributed by atoms with Gasteiger partial charge in [-0.3, -0.25) is 9.59 Å². The van der Waals surface area contributed by atoms with Crippen molar-refractivity contribution in [3.05, 3.63) is 99.8 Å². The largest absolute Gasteiger partial charge is 0.497 e. The summed E-state index contributed by atoms with van der Waals surface area (Å²) < 4.78 is 6.89. The Bertz CT molecular complexity index is 1620. The molecule has 1 aromatic heterocycles. The summed E-state index contributed by atoms with van der Waals surface area (Å²) in [5.74, 6) is -1.16. The van der Waals surface area contributed by atoms with Gasteiger partial charge < -0.3 is 20.1 Å². The number of aromatic nitrogens is 4. The van der Waals surface area contributed by atoms with Crippen LogP contribution in [0.25, 0.3) is 11.8 Å². The van der Waals surface area contributed by atoms with Crippen LogP contribution in [0.4, 0.5) is 5.69 Å². The van der Waals surface area contributed by atoms with Crippen LogP contribution in [-0.4, -0.2) is 61.7 Å². The Morgan fingerprint density at radius 1 is 1.10 bits per heavy atom. The van der Waals surface area contributed by atoms with Crippen LogP contribution in [0.3, 0.4) is 0 Å². The maximum atomic E-state index is 13.3. The smallest absolute Gasteiger partial charge is 0.335 e. The van der Waals surface area contributed by atoms with Crippen molar-refractivity contribution in [3.8, 4) is 11.4 Å². The fourth-order valence-electron chi connectivity index (χ4n) is 4.45. The van der Waals surface area contributed by atoms with E-state index in [9.17, 15) is 14.4 Å². The van der Waals surface area contributed by atoms with Crippen LogP contribution in [-0.2, 0) is 17.8 Å². The van der Waals surface area contributed by atoms with E-state index in [2.05, 4.69) is 20.8 Å². The monoisotopic (exact) mass is 558 g/mol. The number of hydrogen-bond acceptors (Lipinski definition) is 7. The van der Waals surface area contributed by atoms with E-state index in [1.165, 1.54) is 48.5 Å². The molecule has 0 bridgehead atoms. The van der Waals surface area contributed by atoms with E-state index in [1.807, 2.05) is 6.07 Å². The van der Waals surface area contributed by atoms with Gasteiger partial charge in [0.15, 0.2) is 0 Å². The number of rotatable bonds is 7. The minimum absolute atomic E-state index is 0.113. The molecule has 2 N–H and O–H groups in total. The number of carboxylic acids is 1. The Labute approximate surface area is 233 Å². The summed E-state index contributed by atoms with van der Waals surface area (Å²) in [4.78, 5) is 39.3. The van der Waals surface area contributed by atoms with Gasteiger partial charge in [-0.1, -0.05) is 11.6 Å². The molecule has 1 aliphatic rings. The molecule has 0 aliphatic carbocycles. The summed E-state index contributed by atoms with van der Waals surface area (Å²) in [7, 11) is 1.52. The second-order valence-electron chi connectivity index (χ2n) is 8.95. The Hall–Kier alpha value is -5.03. The van der Waals surface area contributed by atoms with Gasteiger partial charge in [0.05, 0.1) is 18.4 Å². The molecule has 0 unspecified atom stereocenters. The molecular weight excluding hydrogens is 536 g/mol. The number of amides is 2. The second kappa shape index (κ2) is 11.4. The third-order valence-electron chi connectivity index (χ3n) is 6.49. The highest BCUT2D eigenvalue weighted by molar-refractivity contribution is 6.30. The van der Waals surface area contributed by atoms with E-state index < -0.39 is 11.9 Å². The third-order valence-corrected chi connectivity index (χ3v) is 6.72. The molecule has 0 saturated heterocycles. The zero-order valence-electron chi connectivity index (χ0n) is 21.2. The predicted octanol–water partition coefficient (Wildman–Crippen LogP) is 3.87. The van der Waals surface area contributed by atoms with E-state index in [0.29, 0.717) is 51.8 Å². The van der Waals surface area contributed by atoms with Crippen LogP contribution < -0.4 is 10.1 Å². The van der Waals surface area contributed by atoms with Gasteiger partial charge >= 0.3 is 5.97 Å². The first-order valence-electron chi connectivity index (χ1n) is 12.2. The second-order valence-corrected chi connectivity index (χ2v) is 9.39. The molecule has 40 heavy (non-hydrogen) atoms. The van der Waals surface area contributed by atoms with Gasteiger partial charge in [0.1, 0.15) is 12.1 Å². The topological polar surface area (TPSA) is 140 Å². The highest BCUT2D eigenvalue weighted by atomic mass is 35.5. The number of carbonyl (C=O) groups is 3. The SMILES string of the molecule is COc1cc2c(c(C(=O)Nc3ccc(C(=O)O)cc3)c1)CN(C(=O)/C=C/c1cc(Cl)ccc1-n1cnnn1)CC2. The number of aromatic carboxylic acids is 1. The molecule has 3 aromatic carbocycles. The Balaban J connectivity index is 1.38. The summed E-state index contributed by atoms with van der Waals surface area (Å²) >= 11 is 6.19. The lowest BCUT2D eigenvalue weighted by Gasteiger charge is -2.30. The molecule has 12 heteroatoms. The summed E-state index contributed by atoms with van der Waals surface area (Å²) in [6.07, 6.45) is 5.10. The molecule has 4 aromatic rings. The Kier molecular flexibility index (Phi) is 7.56. The van der Waals surface area contributed by atoms with Crippen molar-refractivity contribution in [2.45, 2.75) is 13.0 Å². The van der Waals surface area contributed by atoms with Crippen LogP contribution >= 0.6 is 11.6 Å². The van der Waals surface area contributed by atoms with E-state index in [1.54, 1.807) is 35.2 Å². The number of benzene rings is 3. The van der Waals surface area contributed by atoms with Gasteiger partial charge in [0.2, 0.25) is 5.91 Å². The number of carbonyl (C=O) groups excluding carboxylic acids is 2. The van der Waals surface area contributed by atoms with Crippen molar-refractivity contribution in [3.63, 3.8) is 0 Å². The first-order valence-corrected chi connectivity index (χ1v) is 12.5. The fourth-order valence-corrected chi connectivity index (χ4v) is 4.63. The quantitative estimate of drug-likeness (QED) is 0.326. The van der Waals surface area contributed by atoms with Gasteiger partial charge in [-0.2, -0.15) is 4.68 Å². The molecule has 5 rings (SSSR count). The normalized spacial score (nSPS) is 12.7. The van der Waals surface area contributed by atoms with Crippen LogP contribution in [0.2, 0.25) is 5.02 Å². The van der Waals surface area contributed by atoms with Crippen molar-refractivity contribution in [2.24, 2.45) is 0 Å². The maximum Gasteiger partial charge on any atom is 0.335 e. The molecule has 0 spiro atoms. The minimum Gasteiger partial charge on any atom is -0.497 e. The van der Waals surface area contributed by atoms with Gasteiger partial charge in [-0.25, -0.2) is 4.79 Å². The summed E-state index contributed by atoms with van der Waals surface area (Å²) in [5.41, 5.74) is 3.86. The molecular formula is C28H23ClN6O5. The van der Waals surface area contributed by atoms with Gasteiger partial charge in [-0.15, -0.1) is 5.10 Å². The minimum atomic E-state index is -1.06. The number of methoxy groups -OCH3 is 1. The van der Waals surface area contributed by atoms with Crippen molar-refractivity contribution in [1.29, 1.82) is 0 Å². The molecule has 0 fully saturated rings. The van der Waals surface area contributed by atoms with Crippen LogP contribution in [0.15, 0.2) is 67.0 Å². The van der Waals surface area contributed by atoms with Crippen molar-refractivity contribution >= 4 is 41.1 Å². The number of hydrogen-bond donors (Lipinski definition) is 2. The maximum absolute atomic E-state index is 13.3. The van der Waals surface area contributed by atoms with Gasteiger partial charge in [0.25, 0.3) is 5.91 Å². The third kappa shape index (κ3) is 5.69. The van der Waals surface area contributed by atoms with Crippen LogP contribution in [0, 0.1) is 0 Å². The molecule has 1 aliphatic heterocycles. The lowest BCUT2D eigenvalue weighted by molar-refractivity contribution is -0.126. The molecule has 11 nitrogen and oxygen atoms in total. The number of nitrogens with zero attached hydrogens (tertiary/aromatic N) is 5. The van der Waals surface area contributed by atoms with Crippen LogP contribution in [0.1, 0.15) is 37.4 Å². The standard InChI is InChI=1S/C28H23ClN6O5/c1-40-22-13-18-10-11-34(26(36)9-4-19-12-20(29)5-8-25(19)35-16-30-32-33-35)15-24(18)23(14-22)27(37)31-21-6-2-17(3-7-21)28(38)39/h2-9,12-14,16H,10-11,15H2,1H3,(H,31,37)(H,38,39)/b9-4+. The number of tetrazole rings is 1. The zero-order chi connectivity index (χ0) is 28.2. The molecule has 0 saturated carbocycles. The number of anilines is 1. The van der Waals surface area contributed by atoms with Crippen molar-refractivity contribution in [2.75, 3.05) is 19.0 Å². The zero-order valence-corrected chi connectivity index (χ0v) is 22.0. The molecule has 0 atom stereocenters. The number of fused-ring (bicyclic) bond motifs is 1. The Morgan fingerprint density at radius 2 is 1.90 bits per heavy atom. The molecule has 202 valence electrons. The van der Waals surface area contributed by atoms with Crippen molar-refractivity contribution in [1.82, 2.24) is 25.1 Å². The van der Waals surface area contributed by atoms with Crippen LogP contribution in [0.5, 0.6) is 5.75 Å². The highest BCUT2D eigenvalue weighted by Crippen LogP contribution is 2.29. The number of nitrogens with one attached hydrogen (secondary N) is 1. The molecule has 2 heterocycles. The first-order chi connectivity index (χ1) is 19.3. The fraction of sp³-hybridized carbons (Fsp3) is 0.143. The number of carboxylic acid groups (broad SMARTS) is 1. The predicted molar refractivity (Wildman–Crippen MR) is 147 cm³/mol. The average Bonchev–Trinajstić information content (AvgIpc) is 3.50. The molecule has 0 radical (unpaired) electrons. The summed E-state index contributed by atoms with van der Waals surface area (Å²) in [6.45, 7) is 0.676. The summed E-state index contributed by atoms with van der Waals surface area (Å²) in [5, 5.41) is 23.6. The number of halogens is 1. The Morgan fingerprint density at radius 3 is 2.60 bits per heavy atom. The lowest BCUT2D eigenvalue weighted by Crippen LogP contribution is -2.36. The average molecular weight is 559 g/mol. The first kappa shape index (κ1) is 26.6. The van der Waals surface area contributed by atoms with Gasteiger partial charge in [-0.05, 0) is 88.6 Å².